The van der Waals surface area contributed by atoms with Crippen LogP contribution in [0.3, 0.4) is 0 Å². The van der Waals surface area contributed by atoms with Crippen molar-refractivity contribution in [3.8, 4) is 0 Å². The third-order valence-electron chi connectivity index (χ3n) is 3.67. The molecule has 1 aliphatic rings. The third kappa shape index (κ3) is 4.43. The fourth-order valence-electron chi connectivity index (χ4n) is 2.32. The Bertz CT molecular complexity index is 554. The van der Waals surface area contributed by atoms with Gasteiger partial charge in [-0.1, -0.05) is 0 Å². The maximum atomic E-state index is 11.2. The van der Waals surface area contributed by atoms with E-state index in [2.05, 4.69) is 20.8 Å². The number of nitrogens with zero attached hydrogens (tertiary/aromatic N) is 2. The molecule has 1 aromatic heterocycles. The van der Waals surface area contributed by atoms with Crippen LogP contribution in [0.25, 0.3) is 0 Å². The molecule has 2 heterocycles. The average Bonchev–Trinajstić information content (AvgIpc) is 2.53. The van der Waals surface area contributed by atoms with Gasteiger partial charge in [-0.2, -0.15) is 0 Å². The standard InChI is InChI=1S/C17H22N2O3/c1-13-16(4-5-17(20)21-3)12-19(14(2)22-13)11-8-15-6-9-18-10-7-15/h4-7,9-10,12-14H,8,11H2,1-3H3/b5-4+/t13-,14-/m1/s1. The van der Waals surface area contributed by atoms with Gasteiger partial charge in [-0.15, -0.1) is 0 Å². The number of carbonyl (C=O) groups excluding carboxylic acids is 1. The highest BCUT2D eigenvalue weighted by Crippen LogP contribution is 2.21. The first kappa shape index (κ1) is 16.2. The predicted molar refractivity (Wildman–Crippen MR) is 83.9 cm³/mol. The quantitative estimate of drug-likeness (QED) is 0.617. The summed E-state index contributed by atoms with van der Waals surface area (Å²) in [6.07, 6.45) is 9.70. The Morgan fingerprint density at radius 3 is 2.82 bits per heavy atom. The van der Waals surface area contributed by atoms with Crippen LogP contribution in [0.15, 0.2) is 48.5 Å². The van der Waals surface area contributed by atoms with Crippen molar-refractivity contribution in [2.75, 3.05) is 13.7 Å². The molecule has 5 nitrogen and oxygen atoms in total. The summed E-state index contributed by atoms with van der Waals surface area (Å²) in [4.78, 5) is 17.4. The number of carbonyl (C=O) groups is 1. The van der Waals surface area contributed by atoms with Crippen molar-refractivity contribution in [3.05, 3.63) is 54.0 Å². The van der Waals surface area contributed by atoms with Gasteiger partial charge in [0, 0.05) is 31.2 Å². The number of aromatic nitrogens is 1. The number of ether oxygens (including phenoxy) is 2. The lowest BCUT2D eigenvalue weighted by atomic mass is 10.1. The molecule has 2 rings (SSSR count). The molecule has 0 N–H and O–H groups in total. The van der Waals surface area contributed by atoms with Crippen LogP contribution in [-0.4, -0.2) is 41.8 Å². The van der Waals surface area contributed by atoms with E-state index in [0.717, 1.165) is 18.5 Å². The van der Waals surface area contributed by atoms with E-state index in [9.17, 15) is 4.79 Å². The molecule has 0 unspecified atom stereocenters. The zero-order valence-corrected chi connectivity index (χ0v) is 13.2. The van der Waals surface area contributed by atoms with Gasteiger partial charge in [0.25, 0.3) is 0 Å². The van der Waals surface area contributed by atoms with Crippen molar-refractivity contribution in [2.45, 2.75) is 32.6 Å². The minimum Gasteiger partial charge on any atom is -0.466 e. The molecule has 0 saturated carbocycles. The number of esters is 1. The smallest absolute Gasteiger partial charge is 0.330 e. The molecule has 1 aromatic rings. The maximum absolute atomic E-state index is 11.2. The number of pyridine rings is 1. The molecule has 5 heteroatoms. The summed E-state index contributed by atoms with van der Waals surface area (Å²) < 4.78 is 10.5. The SMILES string of the molecule is COC(=O)/C=C/C1=CN(CCc2ccncc2)[C@@H](C)O[C@@H]1C. The summed E-state index contributed by atoms with van der Waals surface area (Å²) in [5.74, 6) is -0.366. The van der Waals surface area contributed by atoms with Crippen LogP contribution in [0.4, 0.5) is 0 Å². The van der Waals surface area contributed by atoms with Crippen molar-refractivity contribution in [1.29, 1.82) is 0 Å². The van der Waals surface area contributed by atoms with E-state index < -0.39 is 0 Å². The summed E-state index contributed by atoms with van der Waals surface area (Å²) in [5.41, 5.74) is 2.19. The fraction of sp³-hybridized carbons (Fsp3) is 0.412. The number of hydrogen-bond acceptors (Lipinski definition) is 5. The lowest BCUT2D eigenvalue weighted by molar-refractivity contribution is -0.134. The Labute approximate surface area is 131 Å². The highest BCUT2D eigenvalue weighted by molar-refractivity contribution is 5.82. The number of methoxy groups -OCH3 is 1. The van der Waals surface area contributed by atoms with Gasteiger partial charge >= 0.3 is 5.97 Å². The van der Waals surface area contributed by atoms with E-state index in [-0.39, 0.29) is 18.3 Å². The normalized spacial score (nSPS) is 21.8. The van der Waals surface area contributed by atoms with Gasteiger partial charge in [0.05, 0.1) is 13.2 Å². The van der Waals surface area contributed by atoms with Crippen molar-refractivity contribution in [3.63, 3.8) is 0 Å². The molecular weight excluding hydrogens is 280 g/mol. The minimum atomic E-state index is -0.366. The summed E-state index contributed by atoms with van der Waals surface area (Å²) in [7, 11) is 1.37. The summed E-state index contributed by atoms with van der Waals surface area (Å²) in [6.45, 7) is 4.85. The Morgan fingerprint density at radius 2 is 2.14 bits per heavy atom. The summed E-state index contributed by atoms with van der Waals surface area (Å²) in [6, 6.07) is 4.03. The Balaban J connectivity index is 2.04. The molecule has 2 atom stereocenters. The van der Waals surface area contributed by atoms with Gasteiger partial charge in [0.2, 0.25) is 0 Å². The number of hydrogen-bond donors (Lipinski definition) is 0. The molecule has 0 spiro atoms. The van der Waals surface area contributed by atoms with Crippen LogP contribution in [-0.2, 0) is 20.7 Å². The van der Waals surface area contributed by atoms with Crippen molar-refractivity contribution < 1.29 is 14.3 Å². The van der Waals surface area contributed by atoms with Crippen LogP contribution < -0.4 is 0 Å². The van der Waals surface area contributed by atoms with E-state index in [0.29, 0.717) is 0 Å². The largest absolute Gasteiger partial charge is 0.466 e. The van der Waals surface area contributed by atoms with Crippen LogP contribution in [0.1, 0.15) is 19.4 Å². The Kier molecular flexibility index (Phi) is 5.72. The highest BCUT2D eigenvalue weighted by atomic mass is 16.5. The van der Waals surface area contributed by atoms with E-state index in [1.807, 2.05) is 26.0 Å². The van der Waals surface area contributed by atoms with Crippen LogP contribution in [0.2, 0.25) is 0 Å². The first-order valence-electron chi connectivity index (χ1n) is 7.38. The maximum Gasteiger partial charge on any atom is 0.330 e. The van der Waals surface area contributed by atoms with E-state index in [1.165, 1.54) is 18.7 Å². The van der Waals surface area contributed by atoms with Crippen molar-refractivity contribution >= 4 is 5.97 Å². The van der Waals surface area contributed by atoms with E-state index in [1.54, 1.807) is 18.5 Å². The van der Waals surface area contributed by atoms with Gasteiger partial charge in [0.1, 0.15) is 6.23 Å². The predicted octanol–water partition coefficient (Wildman–Crippen LogP) is 2.30. The minimum absolute atomic E-state index is 0.00659. The monoisotopic (exact) mass is 302 g/mol. The summed E-state index contributed by atoms with van der Waals surface area (Å²) in [5, 5.41) is 0. The second kappa shape index (κ2) is 7.75. The molecule has 1 aliphatic heterocycles. The van der Waals surface area contributed by atoms with Gasteiger partial charge in [-0.25, -0.2) is 4.79 Å². The first-order chi connectivity index (χ1) is 10.6. The zero-order valence-electron chi connectivity index (χ0n) is 13.2. The van der Waals surface area contributed by atoms with Gasteiger partial charge in [-0.05, 0) is 49.6 Å². The molecular formula is C17H22N2O3. The fourth-order valence-corrected chi connectivity index (χ4v) is 2.32. The van der Waals surface area contributed by atoms with E-state index >= 15 is 0 Å². The third-order valence-corrected chi connectivity index (χ3v) is 3.67. The van der Waals surface area contributed by atoms with Crippen LogP contribution >= 0.6 is 0 Å². The van der Waals surface area contributed by atoms with Gasteiger partial charge in [0.15, 0.2) is 0 Å². The zero-order chi connectivity index (χ0) is 15.9. The molecule has 0 aromatic carbocycles. The lowest BCUT2D eigenvalue weighted by Gasteiger charge is -2.36. The van der Waals surface area contributed by atoms with Gasteiger partial charge < -0.3 is 14.4 Å². The first-order valence-corrected chi connectivity index (χ1v) is 7.38. The van der Waals surface area contributed by atoms with E-state index in [4.69, 9.17) is 4.74 Å². The lowest BCUT2D eigenvalue weighted by Crippen LogP contribution is -2.39. The molecule has 0 aliphatic carbocycles. The second-order valence-electron chi connectivity index (χ2n) is 5.21. The summed E-state index contributed by atoms with van der Waals surface area (Å²) >= 11 is 0. The molecule has 22 heavy (non-hydrogen) atoms. The molecule has 0 fully saturated rings. The Hall–Kier alpha value is -2.14. The van der Waals surface area contributed by atoms with Crippen molar-refractivity contribution in [1.82, 2.24) is 9.88 Å². The van der Waals surface area contributed by atoms with Crippen LogP contribution in [0.5, 0.6) is 0 Å². The Morgan fingerprint density at radius 1 is 1.41 bits per heavy atom. The molecule has 118 valence electrons. The van der Waals surface area contributed by atoms with Crippen LogP contribution in [0, 0.1) is 0 Å². The topological polar surface area (TPSA) is 51.7 Å². The highest BCUT2D eigenvalue weighted by Gasteiger charge is 2.22. The van der Waals surface area contributed by atoms with Gasteiger partial charge in [-0.3, -0.25) is 4.98 Å². The molecule has 0 saturated heterocycles. The second-order valence-corrected chi connectivity index (χ2v) is 5.21. The molecule has 0 amide bonds. The van der Waals surface area contributed by atoms with Crippen molar-refractivity contribution in [2.24, 2.45) is 0 Å². The number of rotatable bonds is 5. The average molecular weight is 302 g/mol. The molecule has 0 bridgehead atoms. The molecule has 0 radical (unpaired) electrons.